The molecule has 3 rings (SSSR count). The Morgan fingerprint density at radius 3 is 2.65 bits per heavy atom. The van der Waals surface area contributed by atoms with Gasteiger partial charge in [-0.05, 0) is 18.6 Å². The minimum absolute atomic E-state index is 0.0331. The van der Waals surface area contributed by atoms with E-state index in [9.17, 15) is 18.0 Å². The number of urea groups is 1. The number of carbonyl (C=O) groups excluding carboxylic acids is 2. The fourth-order valence-corrected chi connectivity index (χ4v) is 4.56. The zero-order valence-corrected chi connectivity index (χ0v) is 13.4. The quantitative estimate of drug-likeness (QED) is 0.780. The van der Waals surface area contributed by atoms with Gasteiger partial charge < -0.3 is 10.1 Å². The van der Waals surface area contributed by atoms with Crippen LogP contribution < -0.4 is 10.1 Å². The van der Waals surface area contributed by atoms with Gasteiger partial charge in [0.2, 0.25) is 15.9 Å². The molecule has 0 bridgehead atoms. The maximum absolute atomic E-state index is 12.8. The number of hydrogen-bond acceptors (Lipinski definition) is 5. The molecular formula is C14H17N3O5S. The van der Waals surface area contributed by atoms with Crippen LogP contribution in [0.4, 0.5) is 4.79 Å². The Hall–Kier alpha value is -2.13. The van der Waals surface area contributed by atoms with Gasteiger partial charge >= 0.3 is 6.03 Å². The first-order chi connectivity index (χ1) is 10.9. The first kappa shape index (κ1) is 15.8. The van der Waals surface area contributed by atoms with Crippen molar-refractivity contribution in [2.24, 2.45) is 0 Å². The minimum Gasteiger partial charge on any atom is -0.495 e. The lowest BCUT2D eigenvalue weighted by atomic mass is 10.2. The molecule has 2 fully saturated rings. The van der Waals surface area contributed by atoms with E-state index in [4.69, 9.17) is 4.74 Å². The number of ether oxygens (including phenoxy) is 1. The molecule has 1 N–H and O–H groups in total. The monoisotopic (exact) mass is 339 g/mol. The van der Waals surface area contributed by atoms with Crippen LogP contribution in [0.25, 0.3) is 0 Å². The molecule has 1 unspecified atom stereocenters. The molecule has 124 valence electrons. The van der Waals surface area contributed by atoms with E-state index in [0.717, 1.165) is 4.90 Å². The Labute approximate surface area is 134 Å². The lowest BCUT2D eigenvalue weighted by molar-refractivity contribution is -0.126. The average molecular weight is 339 g/mol. The molecule has 0 saturated carbocycles. The Balaban J connectivity index is 1.83. The van der Waals surface area contributed by atoms with Gasteiger partial charge in [-0.3, -0.25) is 9.69 Å². The largest absolute Gasteiger partial charge is 0.495 e. The maximum atomic E-state index is 12.8. The predicted octanol–water partition coefficient (Wildman–Crippen LogP) is 0.0100. The predicted molar refractivity (Wildman–Crippen MR) is 80.4 cm³/mol. The Morgan fingerprint density at radius 1 is 1.26 bits per heavy atom. The molecule has 2 aliphatic rings. The summed E-state index contributed by atoms with van der Waals surface area (Å²) in [5, 5.41) is 2.45. The van der Waals surface area contributed by atoms with Gasteiger partial charge in [0.15, 0.2) is 0 Å². The summed E-state index contributed by atoms with van der Waals surface area (Å²) in [6, 6.07) is 5.48. The molecule has 0 radical (unpaired) electrons. The summed E-state index contributed by atoms with van der Waals surface area (Å²) in [6.07, 6.45) is 0.424. The van der Waals surface area contributed by atoms with Crippen LogP contribution in [0.3, 0.4) is 0 Å². The molecule has 3 amide bonds. The number of nitrogens with one attached hydrogen (secondary N) is 1. The molecule has 2 heterocycles. The molecular weight excluding hydrogens is 322 g/mol. The second kappa shape index (κ2) is 5.82. The summed E-state index contributed by atoms with van der Waals surface area (Å²) in [4.78, 5) is 24.7. The molecule has 1 aromatic rings. The number of sulfonamides is 1. The van der Waals surface area contributed by atoms with Gasteiger partial charge in [0.25, 0.3) is 0 Å². The van der Waals surface area contributed by atoms with E-state index < -0.39 is 22.1 Å². The van der Waals surface area contributed by atoms with Crippen molar-refractivity contribution in [1.82, 2.24) is 14.5 Å². The zero-order chi connectivity index (χ0) is 16.6. The summed E-state index contributed by atoms with van der Waals surface area (Å²) in [6.45, 7) is 0.316. The van der Waals surface area contributed by atoms with Crippen molar-refractivity contribution in [1.29, 1.82) is 0 Å². The fraction of sp³-hybridized carbons (Fsp3) is 0.429. The number of amides is 3. The molecule has 1 atom stereocenters. The van der Waals surface area contributed by atoms with Gasteiger partial charge in [-0.2, -0.15) is 4.31 Å². The summed E-state index contributed by atoms with van der Waals surface area (Å²) in [7, 11) is -2.33. The lowest BCUT2D eigenvalue weighted by Crippen LogP contribution is -2.42. The standard InChI is InChI=1S/C14H17N3O5S/c1-22-11-4-2-3-5-12(11)23(20,21)16-7-6-10(9-16)17-13(18)8-15-14(17)19/h2-5,10H,6-9H2,1H3,(H,15,19). The van der Waals surface area contributed by atoms with Crippen molar-refractivity contribution >= 4 is 22.0 Å². The third-order valence-corrected chi connectivity index (χ3v) is 5.96. The highest BCUT2D eigenvalue weighted by atomic mass is 32.2. The summed E-state index contributed by atoms with van der Waals surface area (Å²) >= 11 is 0. The highest BCUT2D eigenvalue weighted by Crippen LogP contribution is 2.29. The van der Waals surface area contributed by atoms with Gasteiger partial charge in [-0.25, -0.2) is 13.2 Å². The van der Waals surface area contributed by atoms with Gasteiger partial charge in [0, 0.05) is 13.1 Å². The number of hydrogen-bond donors (Lipinski definition) is 1. The summed E-state index contributed by atoms with van der Waals surface area (Å²) in [5.41, 5.74) is 0. The summed E-state index contributed by atoms with van der Waals surface area (Å²) < 4.78 is 32.0. The minimum atomic E-state index is -3.74. The smallest absolute Gasteiger partial charge is 0.324 e. The first-order valence-corrected chi connectivity index (χ1v) is 8.62. The van der Waals surface area contributed by atoms with Crippen LogP contribution in [0, 0.1) is 0 Å². The van der Waals surface area contributed by atoms with Crippen LogP contribution in [0.15, 0.2) is 29.2 Å². The van der Waals surface area contributed by atoms with Crippen molar-refractivity contribution in [2.45, 2.75) is 17.4 Å². The molecule has 0 spiro atoms. The second-order valence-corrected chi connectivity index (χ2v) is 7.29. The van der Waals surface area contributed by atoms with E-state index in [-0.39, 0.29) is 36.2 Å². The number of imide groups is 1. The molecule has 1 aromatic carbocycles. The second-order valence-electron chi connectivity index (χ2n) is 5.38. The highest BCUT2D eigenvalue weighted by Gasteiger charge is 2.42. The normalized spacial score (nSPS) is 22.5. The van der Waals surface area contributed by atoms with Gasteiger partial charge in [0.1, 0.15) is 10.6 Å². The highest BCUT2D eigenvalue weighted by molar-refractivity contribution is 7.89. The van der Waals surface area contributed by atoms with Gasteiger partial charge in [-0.1, -0.05) is 12.1 Å². The van der Waals surface area contributed by atoms with Crippen LogP contribution in [0.5, 0.6) is 5.75 Å². The Kier molecular flexibility index (Phi) is 3.99. The Bertz CT molecular complexity index is 733. The third-order valence-electron chi connectivity index (χ3n) is 4.06. The van der Waals surface area contributed by atoms with E-state index in [1.807, 2.05) is 0 Å². The van der Waals surface area contributed by atoms with E-state index in [1.165, 1.54) is 17.5 Å². The average Bonchev–Trinajstić information content (AvgIpc) is 3.14. The van der Waals surface area contributed by atoms with E-state index in [0.29, 0.717) is 6.42 Å². The maximum Gasteiger partial charge on any atom is 0.324 e. The fourth-order valence-electron chi connectivity index (χ4n) is 2.91. The third kappa shape index (κ3) is 2.66. The van der Waals surface area contributed by atoms with Crippen LogP contribution >= 0.6 is 0 Å². The van der Waals surface area contributed by atoms with Crippen molar-refractivity contribution in [2.75, 3.05) is 26.7 Å². The lowest BCUT2D eigenvalue weighted by Gasteiger charge is -2.22. The van der Waals surface area contributed by atoms with Crippen LogP contribution in [-0.2, 0) is 14.8 Å². The number of benzene rings is 1. The molecule has 2 saturated heterocycles. The molecule has 2 aliphatic heterocycles. The first-order valence-electron chi connectivity index (χ1n) is 7.18. The van der Waals surface area contributed by atoms with Crippen molar-refractivity contribution in [3.63, 3.8) is 0 Å². The molecule has 0 aromatic heterocycles. The zero-order valence-electron chi connectivity index (χ0n) is 12.6. The molecule has 8 nitrogen and oxygen atoms in total. The van der Waals surface area contributed by atoms with E-state index in [2.05, 4.69) is 5.32 Å². The Morgan fingerprint density at radius 2 is 2.00 bits per heavy atom. The molecule has 9 heteroatoms. The number of carbonyl (C=O) groups is 2. The van der Waals surface area contributed by atoms with E-state index >= 15 is 0 Å². The van der Waals surface area contributed by atoms with E-state index in [1.54, 1.807) is 18.2 Å². The van der Waals surface area contributed by atoms with Crippen molar-refractivity contribution in [3.05, 3.63) is 24.3 Å². The number of methoxy groups -OCH3 is 1. The number of para-hydroxylation sites is 1. The van der Waals surface area contributed by atoms with Crippen molar-refractivity contribution in [3.8, 4) is 5.75 Å². The SMILES string of the molecule is COc1ccccc1S(=O)(=O)N1CCC(N2C(=O)CNC2=O)C1. The van der Waals surface area contributed by atoms with Gasteiger partial charge in [0.05, 0.1) is 19.7 Å². The summed E-state index contributed by atoms with van der Waals surface area (Å²) in [5.74, 6) is -0.0533. The van der Waals surface area contributed by atoms with Crippen LogP contribution in [0.1, 0.15) is 6.42 Å². The van der Waals surface area contributed by atoms with Crippen molar-refractivity contribution < 1.29 is 22.7 Å². The number of nitrogens with zero attached hydrogens (tertiary/aromatic N) is 2. The van der Waals surface area contributed by atoms with Crippen LogP contribution in [0.2, 0.25) is 0 Å². The molecule has 0 aliphatic carbocycles. The molecule has 23 heavy (non-hydrogen) atoms. The topological polar surface area (TPSA) is 96.0 Å². The van der Waals surface area contributed by atoms with Gasteiger partial charge in [-0.15, -0.1) is 0 Å². The number of rotatable bonds is 4. The van der Waals surface area contributed by atoms with Crippen LogP contribution in [-0.4, -0.2) is 62.3 Å².